The van der Waals surface area contributed by atoms with E-state index in [0.717, 1.165) is 31.1 Å². The Kier molecular flexibility index (Phi) is 6.31. The van der Waals surface area contributed by atoms with Gasteiger partial charge in [0.05, 0.1) is 18.1 Å². The molecule has 2 aliphatic carbocycles. The molecular weight excluding hydrogens is 445 g/mol. The first-order valence-electron chi connectivity index (χ1n) is 12.1. The largest absolute Gasteiger partial charge is 0.416 e. The topological polar surface area (TPSA) is 50.6 Å². The number of aryl methyl sites for hydroxylation is 1. The Bertz CT molecular complexity index is 1010. The Hall–Kier alpha value is -2.55. The smallest absolute Gasteiger partial charge is 0.389 e. The highest BCUT2D eigenvalue weighted by Gasteiger charge is 2.56. The number of benzene rings is 1. The number of ether oxygens (including phenoxy) is 1. The third-order valence-corrected chi connectivity index (χ3v) is 7.63. The van der Waals surface area contributed by atoms with Gasteiger partial charge in [0.2, 0.25) is 5.88 Å². The molecule has 2 atom stereocenters. The number of nitrogens with zero attached hydrogens (tertiary/aromatic N) is 4. The number of imidazole rings is 1. The molecule has 0 spiro atoms. The van der Waals surface area contributed by atoms with Crippen LogP contribution in [0.3, 0.4) is 0 Å². The lowest BCUT2D eigenvalue weighted by atomic mass is 10.1. The normalized spacial score (nSPS) is 24.9. The van der Waals surface area contributed by atoms with Gasteiger partial charge in [0.1, 0.15) is 0 Å². The van der Waals surface area contributed by atoms with Gasteiger partial charge >= 0.3 is 12.3 Å². The summed E-state index contributed by atoms with van der Waals surface area (Å²) in [6, 6.07) is 5.16. The van der Waals surface area contributed by atoms with Gasteiger partial charge in [-0.1, -0.05) is 25.0 Å². The van der Waals surface area contributed by atoms with Crippen LogP contribution in [0.4, 0.5) is 18.0 Å². The molecular formula is C25H31F3N4O2. The van der Waals surface area contributed by atoms with Crippen molar-refractivity contribution < 1.29 is 22.7 Å². The van der Waals surface area contributed by atoms with E-state index in [1.807, 2.05) is 0 Å². The molecule has 1 amide bonds. The number of fused-ring (bicyclic) bond motifs is 1. The quantitative estimate of drug-likeness (QED) is 0.576. The molecule has 1 saturated heterocycles. The van der Waals surface area contributed by atoms with Crippen molar-refractivity contribution in [2.45, 2.75) is 38.4 Å². The predicted molar refractivity (Wildman–Crippen MR) is 120 cm³/mol. The summed E-state index contributed by atoms with van der Waals surface area (Å²) in [6.07, 6.45) is 3.47. The van der Waals surface area contributed by atoms with Crippen molar-refractivity contribution in [1.29, 1.82) is 0 Å². The molecule has 184 valence electrons. The summed E-state index contributed by atoms with van der Waals surface area (Å²) in [5.74, 6) is 2.46. The second kappa shape index (κ2) is 9.24. The summed E-state index contributed by atoms with van der Waals surface area (Å²) >= 11 is 0. The molecule has 34 heavy (non-hydrogen) atoms. The van der Waals surface area contributed by atoms with Crippen molar-refractivity contribution in [3.8, 4) is 5.88 Å². The molecule has 2 unspecified atom stereocenters. The fourth-order valence-electron chi connectivity index (χ4n) is 5.83. The van der Waals surface area contributed by atoms with E-state index in [1.54, 1.807) is 23.9 Å². The zero-order valence-corrected chi connectivity index (χ0v) is 19.4. The van der Waals surface area contributed by atoms with Crippen LogP contribution < -0.4 is 4.74 Å². The molecule has 0 radical (unpaired) electrons. The minimum Gasteiger partial charge on any atom is -0.389 e. The number of carbonyl (C=O) groups excluding carboxylic acids is 1. The standard InChI is InChI=1S/C25H31F3N4O2/c1-30-15-23(29-16-30)34-24(33)32(11-18-7-4-8-19(9-18)25(26,27)28)14-22-20-12-31(13-21(20)22)10-17-5-2-3-6-17/h4,7-9,15-17,20-22H,2-3,5-6,10-14H2,1H3. The molecule has 3 fully saturated rings. The molecule has 1 aliphatic heterocycles. The summed E-state index contributed by atoms with van der Waals surface area (Å²) in [5, 5.41) is 0. The SMILES string of the molecule is Cn1cnc(OC(=O)N(Cc2cccc(C(F)(F)F)c2)CC2C3CN(CC4CCCC4)CC32)c1. The number of piperidine rings is 1. The highest BCUT2D eigenvalue weighted by molar-refractivity contribution is 5.70. The van der Waals surface area contributed by atoms with Crippen LogP contribution >= 0.6 is 0 Å². The van der Waals surface area contributed by atoms with Crippen molar-refractivity contribution >= 4 is 6.09 Å². The van der Waals surface area contributed by atoms with Crippen LogP contribution in [0.2, 0.25) is 0 Å². The molecule has 9 heteroatoms. The number of alkyl halides is 3. The van der Waals surface area contributed by atoms with Crippen LogP contribution in [0.15, 0.2) is 36.8 Å². The average Bonchev–Trinajstić information content (AvgIpc) is 3.27. The number of rotatable bonds is 7. The third kappa shape index (κ3) is 5.24. The van der Waals surface area contributed by atoms with E-state index >= 15 is 0 Å². The minimum absolute atomic E-state index is 0.0668. The molecule has 2 saturated carbocycles. The first kappa shape index (κ1) is 23.2. The molecule has 5 rings (SSSR count). The van der Waals surface area contributed by atoms with Crippen molar-refractivity contribution in [2.75, 3.05) is 26.2 Å². The van der Waals surface area contributed by atoms with E-state index in [1.165, 1.54) is 49.5 Å². The van der Waals surface area contributed by atoms with Crippen LogP contribution in [0.5, 0.6) is 5.88 Å². The number of hydrogen-bond donors (Lipinski definition) is 0. The highest BCUT2D eigenvalue weighted by atomic mass is 19.4. The van der Waals surface area contributed by atoms with Gasteiger partial charge in [0.25, 0.3) is 0 Å². The van der Waals surface area contributed by atoms with Gasteiger partial charge in [-0.3, -0.25) is 0 Å². The lowest BCUT2D eigenvalue weighted by Gasteiger charge is -2.26. The fraction of sp³-hybridized carbons (Fsp3) is 0.600. The molecule has 2 aromatic rings. The van der Waals surface area contributed by atoms with Crippen molar-refractivity contribution in [2.24, 2.45) is 30.7 Å². The number of likely N-dealkylation sites (tertiary alicyclic amines) is 1. The van der Waals surface area contributed by atoms with Crippen LogP contribution in [-0.4, -0.2) is 51.6 Å². The second-order valence-electron chi connectivity index (χ2n) is 10.2. The van der Waals surface area contributed by atoms with Gasteiger partial charge in [-0.25, -0.2) is 9.78 Å². The molecule has 1 aromatic carbocycles. The van der Waals surface area contributed by atoms with Gasteiger partial charge in [-0.2, -0.15) is 13.2 Å². The maximum Gasteiger partial charge on any atom is 0.416 e. The number of carbonyl (C=O) groups is 1. The van der Waals surface area contributed by atoms with E-state index in [0.29, 0.717) is 29.9 Å². The summed E-state index contributed by atoms with van der Waals surface area (Å²) in [7, 11) is 1.77. The number of halogens is 3. The lowest BCUT2D eigenvalue weighted by molar-refractivity contribution is -0.137. The lowest BCUT2D eigenvalue weighted by Crippen LogP contribution is -2.37. The Morgan fingerprint density at radius 1 is 1.21 bits per heavy atom. The summed E-state index contributed by atoms with van der Waals surface area (Å²) in [4.78, 5) is 21.1. The van der Waals surface area contributed by atoms with Gasteiger partial charge in [0, 0.05) is 39.8 Å². The first-order valence-corrected chi connectivity index (χ1v) is 12.1. The Balaban J connectivity index is 1.24. The molecule has 3 aliphatic rings. The molecule has 0 N–H and O–H groups in total. The molecule has 2 heterocycles. The maximum atomic E-state index is 13.2. The summed E-state index contributed by atoms with van der Waals surface area (Å²) < 4.78 is 46.7. The molecule has 0 bridgehead atoms. The predicted octanol–water partition coefficient (Wildman–Crippen LogP) is 4.81. The van der Waals surface area contributed by atoms with E-state index in [-0.39, 0.29) is 12.4 Å². The van der Waals surface area contributed by atoms with Crippen molar-refractivity contribution in [3.63, 3.8) is 0 Å². The Morgan fingerprint density at radius 2 is 1.94 bits per heavy atom. The maximum absolute atomic E-state index is 13.2. The minimum atomic E-state index is -4.42. The Morgan fingerprint density at radius 3 is 2.59 bits per heavy atom. The monoisotopic (exact) mass is 476 g/mol. The second-order valence-corrected chi connectivity index (χ2v) is 10.2. The van der Waals surface area contributed by atoms with Gasteiger partial charge < -0.3 is 19.1 Å². The number of amides is 1. The van der Waals surface area contributed by atoms with Crippen LogP contribution in [0, 0.1) is 23.7 Å². The van der Waals surface area contributed by atoms with E-state index < -0.39 is 17.8 Å². The molecule has 1 aromatic heterocycles. The fourth-order valence-corrected chi connectivity index (χ4v) is 5.83. The average molecular weight is 477 g/mol. The van der Waals surface area contributed by atoms with Gasteiger partial charge in [-0.15, -0.1) is 0 Å². The van der Waals surface area contributed by atoms with Crippen LogP contribution in [-0.2, 0) is 19.8 Å². The summed E-state index contributed by atoms with van der Waals surface area (Å²) in [6.45, 7) is 3.83. The first-order chi connectivity index (χ1) is 16.3. The van der Waals surface area contributed by atoms with Crippen molar-refractivity contribution in [3.05, 3.63) is 47.9 Å². The molecule has 6 nitrogen and oxygen atoms in total. The Labute approximate surface area is 197 Å². The number of aromatic nitrogens is 2. The zero-order valence-electron chi connectivity index (χ0n) is 19.4. The van der Waals surface area contributed by atoms with Crippen molar-refractivity contribution in [1.82, 2.24) is 19.4 Å². The summed E-state index contributed by atoms with van der Waals surface area (Å²) in [5.41, 5.74) is -0.282. The highest BCUT2D eigenvalue weighted by Crippen LogP contribution is 2.52. The van der Waals surface area contributed by atoms with E-state index in [9.17, 15) is 18.0 Å². The number of hydrogen-bond acceptors (Lipinski definition) is 4. The van der Waals surface area contributed by atoms with Gasteiger partial charge in [0.15, 0.2) is 0 Å². The van der Waals surface area contributed by atoms with Crippen LogP contribution in [0.25, 0.3) is 0 Å². The third-order valence-electron chi connectivity index (χ3n) is 7.63. The zero-order chi connectivity index (χ0) is 23.9. The van der Waals surface area contributed by atoms with Gasteiger partial charge in [-0.05, 0) is 54.2 Å². The van der Waals surface area contributed by atoms with Crippen LogP contribution in [0.1, 0.15) is 36.8 Å². The van der Waals surface area contributed by atoms with E-state index in [4.69, 9.17) is 4.74 Å². The van der Waals surface area contributed by atoms with E-state index in [2.05, 4.69) is 9.88 Å².